The van der Waals surface area contributed by atoms with Gasteiger partial charge in [0.1, 0.15) is 5.82 Å². The van der Waals surface area contributed by atoms with E-state index in [4.69, 9.17) is 11.6 Å². The second kappa shape index (κ2) is 7.07. The van der Waals surface area contributed by atoms with Gasteiger partial charge in [-0.1, -0.05) is 11.6 Å². The summed E-state index contributed by atoms with van der Waals surface area (Å²) in [6.45, 7) is 0.375. The number of hydrogen-bond donors (Lipinski definition) is 3. The minimum absolute atomic E-state index is 0.0224. The molecule has 1 fully saturated rings. The van der Waals surface area contributed by atoms with Gasteiger partial charge in [-0.05, 0) is 37.5 Å². The zero-order valence-electron chi connectivity index (χ0n) is 12.0. The van der Waals surface area contributed by atoms with Gasteiger partial charge in [0.15, 0.2) is 0 Å². The maximum atomic E-state index is 12.9. The van der Waals surface area contributed by atoms with Crippen LogP contribution >= 0.6 is 11.6 Å². The van der Waals surface area contributed by atoms with Crippen LogP contribution < -0.4 is 10.6 Å². The van der Waals surface area contributed by atoms with Crippen LogP contribution in [0.1, 0.15) is 36.0 Å². The molecule has 1 aliphatic rings. The summed E-state index contributed by atoms with van der Waals surface area (Å²) in [5.74, 6) is -1.23. The normalized spacial score (nSPS) is 15.8. The highest BCUT2D eigenvalue weighted by Gasteiger charge is 2.34. The molecule has 0 aliphatic heterocycles. The highest BCUT2D eigenvalue weighted by atomic mass is 35.5. The number of halogens is 2. The molecule has 1 aromatic rings. The average Bonchev–Trinajstić information content (AvgIpc) is 2.43. The van der Waals surface area contributed by atoms with E-state index in [1.54, 1.807) is 0 Å². The van der Waals surface area contributed by atoms with E-state index in [9.17, 15) is 19.1 Å². The van der Waals surface area contributed by atoms with E-state index in [-0.39, 0.29) is 36.0 Å². The molecule has 1 aliphatic carbocycles. The SMILES string of the molecule is O=C(CCNC(=O)c1ccc(F)cc1Cl)NCC1(O)CCC1. The van der Waals surface area contributed by atoms with Crippen molar-refractivity contribution in [2.24, 2.45) is 0 Å². The zero-order chi connectivity index (χ0) is 16.2. The van der Waals surface area contributed by atoms with E-state index >= 15 is 0 Å². The van der Waals surface area contributed by atoms with Gasteiger partial charge in [-0.3, -0.25) is 9.59 Å². The van der Waals surface area contributed by atoms with Crippen LogP contribution in [0.2, 0.25) is 5.02 Å². The lowest BCUT2D eigenvalue weighted by molar-refractivity contribution is -0.123. The molecule has 2 rings (SSSR count). The fraction of sp³-hybridized carbons (Fsp3) is 0.467. The maximum absolute atomic E-state index is 12.9. The minimum Gasteiger partial charge on any atom is -0.388 e. The Hall–Kier alpha value is -1.66. The van der Waals surface area contributed by atoms with Crippen molar-refractivity contribution >= 4 is 23.4 Å². The number of nitrogens with one attached hydrogen (secondary N) is 2. The second-order valence-electron chi connectivity index (χ2n) is 5.48. The fourth-order valence-corrected chi connectivity index (χ4v) is 2.42. The summed E-state index contributed by atoms with van der Waals surface area (Å²) in [4.78, 5) is 23.5. The number of rotatable bonds is 6. The van der Waals surface area contributed by atoms with Gasteiger partial charge in [0.25, 0.3) is 5.91 Å². The van der Waals surface area contributed by atoms with Gasteiger partial charge in [0, 0.05) is 19.5 Å². The molecule has 0 atom stereocenters. The molecule has 2 amide bonds. The Morgan fingerprint density at radius 1 is 1.32 bits per heavy atom. The molecule has 0 saturated heterocycles. The van der Waals surface area contributed by atoms with E-state index < -0.39 is 17.3 Å². The molecule has 0 heterocycles. The number of benzene rings is 1. The minimum atomic E-state index is -0.763. The molecule has 5 nitrogen and oxygen atoms in total. The molecule has 0 spiro atoms. The predicted molar refractivity (Wildman–Crippen MR) is 80.2 cm³/mol. The Kier molecular flexibility index (Phi) is 5.37. The Morgan fingerprint density at radius 3 is 2.64 bits per heavy atom. The molecular weight excluding hydrogens is 311 g/mol. The van der Waals surface area contributed by atoms with Crippen molar-refractivity contribution in [3.05, 3.63) is 34.6 Å². The molecule has 22 heavy (non-hydrogen) atoms. The molecular formula is C15H18ClFN2O3. The van der Waals surface area contributed by atoms with Crippen LogP contribution in [0.3, 0.4) is 0 Å². The summed E-state index contributed by atoms with van der Waals surface area (Å²) in [6, 6.07) is 3.49. The number of carbonyl (C=O) groups is 2. The lowest BCUT2D eigenvalue weighted by Crippen LogP contribution is -2.48. The van der Waals surface area contributed by atoms with E-state index in [0.717, 1.165) is 18.6 Å². The first-order chi connectivity index (χ1) is 10.4. The number of amides is 2. The van der Waals surface area contributed by atoms with Crippen LogP contribution in [0, 0.1) is 5.82 Å². The van der Waals surface area contributed by atoms with Gasteiger partial charge in [-0.15, -0.1) is 0 Å². The monoisotopic (exact) mass is 328 g/mol. The van der Waals surface area contributed by atoms with Crippen LogP contribution in [-0.4, -0.2) is 35.6 Å². The maximum Gasteiger partial charge on any atom is 0.252 e. The second-order valence-corrected chi connectivity index (χ2v) is 5.89. The van der Waals surface area contributed by atoms with Gasteiger partial charge < -0.3 is 15.7 Å². The van der Waals surface area contributed by atoms with Crippen molar-refractivity contribution in [2.75, 3.05) is 13.1 Å². The van der Waals surface area contributed by atoms with Gasteiger partial charge >= 0.3 is 0 Å². The zero-order valence-corrected chi connectivity index (χ0v) is 12.8. The largest absolute Gasteiger partial charge is 0.388 e. The van der Waals surface area contributed by atoms with Crippen LogP contribution in [0.15, 0.2) is 18.2 Å². The van der Waals surface area contributed by atoms with Gasteiger partial charge in [-0.25, -0.2) is 4.39 Å². The highest BCUT2D eigenvalue weighted by Crippen LogP contribution is 2.30. The Morgan fingerprint density at radius 2 is 2.05 bits per heavy atom. The lowest BCUT2D eigenvalue weighted by atomic mass is 9.80. The number of aliphatic hydroxyl groups is 1. The summed E-state index contributed by atoms with van der Waals surface area (Å²) >= 11 is 5.78. The van der Waals surface area contributed by atoms with Crippen molar-refractivity contribution in [1.82, 2.24) is 10.6 Å². The smallest absolute Gasteiger partial charge is 0.252 e. The number of hydrogen-bond acceptors (Lipinski definition) is 3. The highest BCUT2D eigenvalue weighted by molar-refractivity contribution is 6.33. The summed E-state index contributed by atoms with van der Waals surface area (Å²) in [6.07, 6.45) is 2.47. The molecule has 7 heteroatoms. The standard InChI is InChI=1S/C15H18ClFN2O3/c16-12-8-10(17)2-3-11(12)14(21)18-7-4-13(20)19-9-15(22)5-1-6-15/h2-3,8,22H,1,4-7,9H2,(H,18,21)(H,19,20). The first-order valence-corrected chi connectivity index (χ1v) is 7.50. The van der Waals surface area contributed by atoms with E-state index in [0.29, 0.717) is 12.8 Å². The first kappa shape index (κ1) is 16.7. The van der Waals surface area contributed by atoms with Crippen molar-refractivity contribution in [3.63, 3.8) is 0 Å². The third-order valence-electron chi connectivity index (χ3n) is 3.71. The van der Waals surface area contributed by atoms with Gasteiger partial charge in [-0.2, -0.15) is 0 Å². The Balaban J connectivity index is 1.71. The van der Waals surface area contributed by atoms with Crippen LogP contribution in [0.5, 0.6) is 0 Å². The quantitative estimate of drug-likeness (QED) is 0.742. The molecule has 0 radical (unpaired) electrons. The van der Waals surface area contributed by atoms with E-state index in [1.807, 2.05) is 0 Å². The summed E-state index contributed by atoms with van der Waals surface area (Å²) in [5.41, 5.74) is -0.604. The predicted octanol–water partition coefficient (Wildman–Crippen LogP) is 1.63. The summed E-state index contributed by atoms with van der Waals surface area (Å²) in [5, 5.41) is 15.1. The van der Waals surface area contributed by atoms with Gasteiger partial charge in [0.05, 0.1) is 16.2 Å². The average molecular weight is 329 g/mol. The fourth-order valence-electron chi connectivity index (χ4n) is 2.17. The number of carbonyl (C=O) groups excluding carboxylic acids is 2. The van der Waals surface area contributed by atoms with Crippen molar-refractivity contribution in [1.29, 1.82) is 0 Å². The van der Waals surface area contributed by atoms with Crippen LogP contribution in [0.25, 0.3) is 0 Å². The molecule has 0 aromatic heterocycles. The van der Waals surface area contributed by atoms with Gasteiger partial charge in [0.2, 0.25) is 5.91 Å². The third kappa shape index (κ3) is 4.42. The van der Waals surface area contributed by atoms with E-state index in [1.165, 1.54) is 6.07 Å². The molecule has 0 unspecified atom stereocenters. The van der Waals surface area contributed by atoms with Crippen molar-refractivity contribution < 1.29 is 19.1 Å². The first-order valence-electron chi connectivity index (χ1n) is 7.12. The van der Waals surface area contributed by atoms with Crippen molar-refractivity contribution in [3.8, 4) is 0 Å². The van der Waals surface area contributed by atoms with Crippen molar-refractivity contribution in [2.45, 2.75) is 31.3 Å². The summed E-state index contributed by atoms with van der Waals surface area (Å²) in [7, 11) is 0. The van der Waals surface area contributed by atoms with Crippen LogP contribution in [0.4, 0.5) is 4.39 Å². The molecule has 120 valence electrons. The van der Waals surface area contributed by atoms with Crippen LogP contribution in [-0.2, 0) is 4.79 Å². The summed E-state index contributed by atoms with van der Waals surface area (Å²) < 4.78 is 12.9. The third-order valence-corrected chi connectivity index (χ3v) is 4.02. The molecule has 3 N–H and O–H groups in total. The Bertz CT molecular complexity index is 576. The topological polar surface area (TPSA) is 78.4 Å². The van der Waals surface area contributed by atoms with E-state index in [2.05, 4.69) is 10.6 Å². The lowest BCUT2D eigenvalue weighted by Gasteiger charge is -2.36. The molecule has 0 bridgehead atoms. The Labute approximate surface area is 132 Å². The molecule has 1 saturated carbocycles. The molecule has 1 aromatic carbocycles.